The average Bonchev–Trinajstić information content (AvgIpc) is 2.46. The van der Waals surface area contributed by atoms with Crippen molar-refractivity contribution < 1.29 is 0 Å². The maximum absolute atomic E-state index is 3.50. The van der Waals surface area contributed by atoms with Crippen molar-refractivity contribution in [2.45, 2.75) is 19.4 Å². The normalized spacial score (nSPS) is 37.3. The first-order chi connectivity index (χ1) is 6.77. The summed E-state index contributed by atoms with van der Waals surface area (Å²) in [6.07, 6.45) is 1.33. The van der Waals surface area contributed by atoms with E-state index < -0.39 is 0 Å². The summed E-state index contributed by atoms with van der Waals surface area (Å²) in [5, 5.41) is 3.50. The molecule has 2 rings (SSSR count). The molecule has 2 aliphatic rings. The lowest BCUT2D eigenvalue weighted by molar-refractivity contribution is 0.184. The third-order valence-corrected chi connectivity index (χ3v) is 3.70. The Morgan fingerprint density at radius 1 is 1.07 bits per heavy atom. The van der Waals surface area contributed by atoms with Crippen LogP contribution in [-0.4, -0.2) is 62.2 Å². The third-order valence-electron chi connectivity index (χ3n) is 3.70. The first-order valence-electron chi connectivity index (χ1n) is 5.90. The van der Waals surface area contributed by atoms with Gasteiger partial charge in [-0.25, -0.2) is 0 Å². The Balaban J connectivity index is 1.90. The molecule has 0 aliphatic carbocycles. The van der Waals surface area contributed by atoms with Crippen molar-refractivity contribution in [3.8, 4) is 0 Å². The fourth-order valence-corrected chi connectivity index (χ4v) is 2.68. The highest BCUT2D eigenvalue weighted by molar-refractivity contribution is 4.87. The maximum Gasteiger partial charge on any atom is 0.0258 e. The highest BCUT2D eigenvalue weighted by atomic mass is 15.2. The van der Waals surface area contributed by atoms with Gasteiger partial charge in [0.25, 0.3) is 0 Å². The van der Waals surface area contributed by atoms with Crippen LogP contribution in [0.15, 0.2) is 0 Å². The van der Waals surface area contributed by atoms with Crippen LogP contribution < -0.4 is 5.32 Å². The number of hydrogen-bond donors (Lipinski definition) is 1. The molecule has 2 fully saturated rings. The number of rotatable bonds is 1. The molecule has 1 N–H and O–H groups in total. The molecule has 0 saturated carbocycles. The molecule has 2 atom stereocenters. The van der Waals surface area contributed by atoms with E-state index in [9.17, 15) is 0 Å². The molecule has 0 aromatic rings. The Bertz CT molecular complexity index is 183. The van der Waals surface area contributed by atoms with Crippen LogP contribution in [-0.2, 0) is 0 Å². The van der Waals surface area contributed by atoms with Gasteiger partial charge in [0.05, 0.1) is 0 Å². The minimum atomic E-state index is 0.793. The molecular weight excluding hydrogens is 174 g/mol. The first kappa shape index (κ1) is 10.4. The zero-order valence-corrected chi connectivity index (χ0v) is 9.50. The van der Waals surface area contributed by atoms with Crippen molar-refractivity contribution in [1.29, 1.82) is 0 Å². The quantitative estimate of drug-likeness (QED) is 0.649. The predicted octanol–water partition coefficient (Wildman–Crippen LogP) is 0.232. The maximum atomic E-state index is 3.50. The second kappa shape index (κ2) is 4.60. The molecular formula is C11H23N3. The predicted molar refractivity (Wildman–Crippen MR) is 59.5 cm³/mol. The molecule has 14 heavy (non-hydrogen) atoms. The molecule has 2 saturated heterocycles. The van der Waals surface area contributed by atoms with Crippen molar-refractivity contribution in [2.75, 3.05) is 46.3 Å². The standard InChI is InChI=1S/C11H23N3/c1-10-8-12-9-11(10)14-5-3-4-13(2)6-7-14/h10-12H,3-9H2,1-2H3. The molecule has 2 unspecified atom stereocenters. The molecule has 0 aromatic carbocycles. The van der Waals surface area contributed by atoms with E-state index in [4.69, 9.17) is 0 Å². The van der Waals surface area contributed by atoms with Crippen LogP contribution in [0.1, 0.15) is 13.3 Å². The van der Waals surface area contributed by atoms with Gasteiger partial charge in [0, 0.05) is 25.7 Å². The summed E-state index contributed by atoms with van der Waals surface area (Å²) in [6.45, 7) is 9.84. The fourth-order valence-electron chi connectivity index (χ4n) is 2.68. The fraction of sp³-hybridized carbons (Fsp3) is 1.00. The lowest BCUT2D eigenvalue weighted by atomic mass is 10.0. The summed E-state index contributed by atoms with van der Waals surface area (Å²) in [5.74, 6) is 0.832. The van der Waals surface area contributed by atoms with E-state index in [1.165, 1.54) is 45.7 Å². The molecule has 0 amide bonds. The van der Waals surface area contributed by atoms with Crippen LogP contribution in [0.25, 0.3) is 0 Å². The van der Waals surface area contributed by atoms with Crippen LogP contribution in [0.2, 0.25) is 0 Å². The summed E-state index contributed by atoms with van der Waals surface area (Å²) in [6, 6.07) is 0.793. The van der Waals surface area contributed by atoms with Gasteiger partial charge >= 0.3 is 0 Å². The van der Waals surface area contributed by atoms with Crippen LogP contribution in [0.3, 0.4) is 0 Å². The highest BCUT2D eigenvalue weighted by Gasteiger charge is 2.29. The number of nitrogens with zero attached hydrogens (tertiary/aromatic N) is 2. The van der Waals surface area contributed by atoms with E-state index in [-0.39, 0.29) is 0 Å². The van der Waals surface area contributed by atoms with Crippen LogP contribution in [0, 0.1) is 5.92 Å². The van der Waals surface area contributed by atoms with Gasteiger partial charge in [-0.1, -0.05) is 6.92 Å². The Labute approximate surface area is 87.4 Å². The number of likely N-dealkylation sites (N-methyl/N-ethyl adjacent to an activating group) is 1. The van der Waals surface area contributed by atoms with Gasteiger partial charge in [-0.3, -0.25) is 4.90 Å². The van der Waals surface area contributed by atoms with Crippen LogP contribution in [0.4, 0.5) is 0 Å². The van der Waals surface area contributed by atoms with Crippen LogP contribution in [0.5, 0.6) is 0 Å². The van der Waals surface area contributed by atoms with E-state index in [0.29, 0.717) is 0 Å². The van der Waals surface area contributed by atoms with Gasteiger partial charge in [-0.15, -0.1) is 0 Å². The average molecular weight is 197 g/mol. The van der Waals surface area contributed by atoms with E-state index in [2.05, 4.69) is 29.1 Å². The van der Waals surface area contributed by atoms with Gasteiger partial charge < -0.3 is 10.2 Å². The molecule has 0 aromatic heterocycles. The van der Waals surface area contributed by atoms with Crippen molar-refractivity contribution in [2.24, 2.45) is 5.92 Å². The number of nitrogens with one attached hydrogen (secondary N) is 1. The SMILES string of the molecule is CC1CNCC1N1CCCN(C)CC1. The summed E-state index contributed by atoms with van der Waals surface area (Å²) < 4.78 is 0. The van der Waals surface area contributed by atoms with Gasteiger partial charge in [-0.05, 0) is 39.0 Å². The van der Waals surface area contributed by atoms with Crippen LogP contribution >= 0.6 is 0 Å². The first-order valence-corrected chi connectivity index (χ1v) is 5.90. The lowest BCUT2D eigenvalue weighted by Crippen LogP contribution is -2.42. The third kappa shape index (κ3) is 2.27. The summed E-state index contributed by atoms with van der Waals surface area (Å²) >= 11 is 0. The minimum Gasteiger partial charge on any atom is -0.315 e. The Morgan fingerprint density at radius 3 is 2.64 bits per heavy atom. The Kier molecular flexibility index (Phi) is 3.42. The molecule has 82 valence electrons. The van der Waals surface area contributed by atoms with Gasteiger partial charge in [-0.2, -0.15) is 0 Å². The van der Waals surface area contributed by atoms with E-state index in [1.54, 1.807) is 0 Å². The summed E-state index contributed by atoms with van der Waals surface area (Å²) in [4.78, 5) is 5.14. The summed E-state index contributed by atoms with van der Waals surface area (Å²) in [7, 11) is 2.24. The molecule has 0 spiro atoms. The summed E-state index contributed by atoms with van der Waals surface area (Å²) in [5.41, 5.74) is 0. The molecule has 2 aliphatic heterocycles. The Morgan fingerprint density at radius 2 is 1.93 bits per heavy atom. The van der Waals surface area contributed by atoms with Gasteiger partial charge in [0.15, 0.2) is 0 Å². The lowest BCUT2D eigenvalue weighted by Gasteiger charge is -2.29. The van der Waals surface area contributed by atoms with E-state index in [1.807, 2.05) is 0 Å². The zero-order chi connectivity index (χ0) is 9.97. The van der Waals surface area contributed by atoms with Gasteiger partial charge in [0.1, 0.15) is 0 Å². The monoisotopic (exact) mass is 197 g/mol. The second-order valence-electron chi connectivity index (χ2n) is 4.90. The number of hydrogen-bond acceptors (Lipinski definition) is 3. The van der Waals surface area contributed by atoms with E-state index in [0.717, 1.165) is 12.0 Å². The smallest absolute Gasteiger partial charge is 0.0258 e. The van der Waals surface area contributed by atoms with Crippen molar-refractivity contribution in [3.05, 3.63) is 0 Å². The zero-order valence-electron chi connectivity index (χ0n) is 9.50. The molecule has 2 heterocycles. The van der Waals surface area contributed by atoms with Crippen molar-refractivity contribution in [1.82, 2.24) is 15.1 Å². The largest absolute Gasteiger partial charge is 0.315 e. The Hall–Kier alpha value is -0.120. The van der Waals surface area contributed by atoms with E-state index >= 15 is 0 Å². The minimum absolute atomic E-state index is 0.793. The topological polar surface area (TPSA) is 18.5 Å². The highest BCUT2D eigenvalue weighted by Crippen LogP contribution is 2.16. The molecule has 3 heteroatoms. The van der Waals surface area contributed by atoms with Crippen molar-refractivity contribution in [3.63, 3.8) is 0 Å². The van der Waals surface area contributed by atoms with Crippen molar-refractivity contribution >= 4 is 0 Å². The van der Waals surface area contributed by atoms with Gasteiger partial charge in [0.2, 0.25) is 0 Å². The second-order valence-corrected chi connectivity index (χ2v) is 4.90. The molecule has 0 bridgehead atoms. The molecule has 3 nitrogen and oxygen atoms in total. The molecule has 0 radical (unpaired) electrons.